The molecule has 0 aliphatic heterocycles. The SMILES string of the molecule is C=Cc1ccc(OB(O)OB(O)Oc2ccc(C=C)cc2)cc1. The van der Waals surface area contributed by atoms with Crippen LogP contribution in [-0.4, -0.2) is 24.7 Å². The maximum Gasteiger partial charge on any atom is 0.699 e. The molecule has 0 amide bonds. The smallest absolute Gasteiger partial charge is 0.513 e. The van der Waals surface area contributed by atoms with Gasteiger partial charge in [-0.05, 0) is 35.4 Å². The summed E-state index contributed by atoms with van der Waals surface area (Å²) < 4.78 is 15.0. The van der Waals surface area contributed by atoms with Crippen molar-refractivity contribution in [1.29, 1.82) is 0 Å². The van der Waals surface area contributed by atoms with Gasteiger partial charge in [0.1, 0.15) is 11.5 Å². The summed E-state index contributed by atoms with van der Waals surface area (Å²) in [6.45, 7) is 7.28. The molecule has 0 fully saturated rings. The Bertz CT molecular complexity index is 585. The lowest BCUT2D eigenvalue weighted by atomic mass is 10.1. The number of benzene rings is 2. The normalized spacial score (nSPS) is 9.83. The summed E-state index contributed by atoms with van der Waals surface area (Å²) >= 11 is 0. The van der Waals surface area contributed by atoms with Crippen LogP contribution in [-0.2, 0) is 4.57 Å². The van der Waals surface area contributed by atoms with Crippen molar-refractivity contribution in [2.45, 2.75) is 0 Å². The third kappa shape index (κ3) is 5.34. The zero-order valence-electron chi connectivity index (χ0n) is 12.5. The highest BCUT2D eigenvalue weighted by atomic mass is 16.8. The van der Waals surface area contributed by atoms with Gasteiger partial charge in [-0.2, -0.15) is 0 Å². The zero-order chi connectivity index (χ0) is 16.7. The molecule has 23 heavy (non-hydrogen) atoms. The van der Waals surface area contributed by atoms with Crippen molar-refractivity contribution in [2.75, 3.05) is 0 Å². The molecule has 0 aliphatic carbocycles. The Kier molecular flexibility index (Phi) is 6.05. The number of hydrogen-bond donors (Lipinski definition) is 2. The van der Waals surface area contributed by atoms with Crippen LogP contribution in [0.5, 0.6) is 11.5 Å². The van der Waals surface area contributed by atoms with Crippen LogP contribution < -0.4 is 9.31 Å². The van der Waals surface area contributed by atoms with Crippen LogP contribution in [0.2, 0.25) is 0 Å². The summed E-state index contributed by atoms with van der Waals surface area (Å²) in [7, 11) is -3.35. The average molecular weight is 310 g/mol. The van der Waals surface area contributed by atoms with Crippen LogP contribution >= 0.6 is 0 Å². The Morgan fingerprint density at radius 3 is 1.35 bits per heavy atom. The van der Waals surface area contributed by atoms with Crippen molar-refractivity contribution in [3.63, 3.8) is 0 Å². The second kappa shape index (κ2) is 8.24. The third-order valence-corrected chi connectivity index (χ3v) is 2.94. The first-order chi connectivity index (χ1) is 11.1. The lowest BCUT2D eigenvalue weighted by Gasteiger charge is -2.13. The maximum atomic E-state index is 9.64. The van der Waals surface area contributed by atoms with Gasteiger partial charge in [-0.25, -0.2) is 0 Å². The van der Waals surface area contributed by atoms with Gasteiger partial charge in [0.25, 0.3) is 0 Å². The van der Waals surface area contributed by atoms with Crippen molar-refractivity contribution < 1.29 is 23.9 Å². The lowest BCUT2D eigenvalue weighted by molar-refractivity contribution is 0.225. The first-order valence-corrected chi connectivity index (χ1v) is 6.90. The van der Waals surface area contributed by atoms with Crippen molar-refractivity contribution in [3.05, 3.63) is 72.8 Å². The third-order valence-electron chi connectivity index (χ3n) is 2.94. The second-order valence-corrected chi connectivity index (χ2v) is 4.53. The van der Waals surface area contributed by atoms with Crippen LogP contribution in [0.4, 0.5) is 0 Å². The molecule has 0 saturated heterocycles. The average Bonchev–Trinajstić information content (AvgIpc) is 2.56. The maximum absolute atomic E-state index is 9.64. The van der Waals surface area contributed by atoms with Crippen molar-refractivity contribution in [2.24, 2.45) is 0 Å². The molecular formula is C16H16B2O5. The molecule has 0 spiro atoms. The summed E-state index contributed by atoms with van der Waals surface area (Å²) in [4.78, 5) is 0. The van der Waals surface area contributed by atoms with Gasteiger partial charge in [0.15, 0.2) is 0 Å². The molecule has 0 unspecified atom stereocenters. The number of rotatable bonds is 8. The largest absolute Gasteiger partial charge is 0.699 e. The molecule has 0 saturated carbocycles. The van der Waals surface area contributed by atoms with E-state index < -0.39 is 14.6 Å². The van der Waals surface area contributed by atoms with Crippen molar-refractivity contribution in [3.8, 4) is 11.5 Å². The highest BCUT2D eigenvalue weighted by molar-refractivity contribution is 6.51. The molecule has 5 nitrogen and oxygen atoms in total. The van der Waals surface area contributed by atoms with Crippen molar-refractivity contribution >= 4 is 26.8 Å². The monoisotopic (exact) mass is 310 g/mol. The van der Waals surface area contributed by atoms with E-state index in [9.17, 15) is 10.0 Å². The lowest BCUT2D eigenvalue weighted by Crippen LogP contribution is -2.38. The summed E-state index contributed by atoms with van der Waals surface area (Å²) in [6.07, 6.45) is 3.37. The molecule has 2 N–H and O–H groups in total. The fraction of sp³-hybridized carbons (Fsp3) is 0. The molecule has 2 rings (SSSR count). The van der Waals surface area contributed by atoms with Crippen LogP contribution in [0.3, 0.4) is 0 Å². The van der Waals surface area contributed by atoms with E-state index in [2.05, 4.69) is 13.2 Å². The van der Waals surface area contributed by atoms with Crippen LogP contribution in [0.1, 0.15) is 11.1 Å². The predicted octanol–water partition coefficient (Wildman–Crippen LogP) is 2.40. The molecular weight excluding hydrogens is 294 g/mol. The summed E-state index contributed by atoms with van der Waals surface area (Å²) in [5.41, 5.74) is 1.83. The minimum atomic E-state index is -1.67. The van der Waals surface area contributed by atoms with E-state index in [1.54, 1.807) is 60.7 Å². The first-order valence-electron chi connectivity index (χ1n) is 6.90. The molecule has 7 heteroatoms. The van der Waals surface area contributed by atoms with Crippen LogP contribution in [0.15, 0.2) is 61.7 Å². The van der Waals surface area contributed by atoms with E-state index in [0.29, 0.717) is 11.5 Å². The van der Waals surface area contributed by atoms with Crippen LogP contribution in [0.25, 0.3) is 12.2 Å². The van der Waals surface area contributed by atoms with Gasteiger partial charge in [-0.15, -0.1) is 0 Å². The van der Waals surface area contributed by atoms with E-state index in [4.69, 9.17) is 13.9 Å². The molecule has 0 atom stereocenters. The molecule has 0 aliphatic rings. The van der Waals surface area contributed by atoms with Crippen molar-refractivity contribution in [1.82, 2.24) is 0 Å². The Morgan fingerprint density at radius 2 is 1.04 bits per heavy atom. The highest BCUT2D eigenvalue weighted by Gasteiger charge is 2.30. The first kappa shape index (κ1) is 16.9. The molecule has 116 valence electrons. The predicted molar refractivity (Wildman–Crippen MR) is 91.4 cm³/mol. The Morgan fingerprint density at radius 1 is 0.696 bits per heavy atom. The Hall–Kier alpha value is -2.47. The zero-order valence-corrected chi connectivity index (χ0v) is 12.5. The minimum absolute atomic E-state index is 0.380. The van der Waals surface area contributed by atoms with E-state index in [-0.39, 0.29) is 0 Å². The Balaban J connectivity index is 1.84. The molecule has 0 heterocycles. The van der Waals surface area contributed by atoms with E-state index >= 15 is 0 Å². The fourth-order valence-corrected chi connectivity index (χ4v) is 1.75. The summed E-state index contributed by atoms with van der Waals surface area (Å²) in [5, 5.41) is 19.3. The van der Waals surface area contributed by atoms with Gasteiger partial charge in [0.05, 0.1) is 0 Å². The van der Waals surface area contributed by atoms with Gasteiger partial charge >= 0.3 is 14.6 Å². The molecule has 0 bridgehead atoms. The molecule has 2 aromatic carbocycles. The molecule has 2 aromatic rings. The summed E-state index contributed by atoms with van der Waals surface area (Å²) in [6, 6.07) is 13.6. The van der Waals surface area contributed by atoms with E-state index in [1.807, 2.05) is 0 Å². The molecule has 0 aromatic heterocycles. The van der Waals surface area contributed by atoms with E-state index in [1.165, 1.54) is 0 Å². The van der Waals surface area contributed by atoms with Gasteiger partial charge in [-0.3, -0.25) is 0 Å². The molecule has 0 radical (unpaired) electrons. The van der Waals surface area contributed by atoms with Gasteiger partial charge in [0.2, 0.25) is 0 Å². The van der Waals surface area contributed by atoms with Gasteiger partial charge in [0, 0.05) is 0 Å². The quantitative estimate of drug-likeness (QED) is 0.733. The second-order valence-electron chi connectivity index (χ2n) is 4.53. The number of hydrogen-bond acceptors (Lipinski definition) is 5. The Labute approximate surface area is 135 Å². The van der Waals surface area contributed by atoms with Gasteiger partial charge in [-0.1, -0.05) is 49.6 Å². The fourth-order valence-electron chi connectivity index (χ4n) is 1.75. The standard InChI is InChI=1S/C16H16B2O5/c1-3-13-5-9-15(10-6-13)21-17(19)23-18(20)22-16-11-7-14(4-2)8-12-16/h3-12,19-20H,1-2H2. The minimum Gasteiger partial charge on any atom is -0.513 e. The van der Waals surface area contributed by atoms with E-state index in [0.717, 1.165) is 11.1 Å². The van der Waals surface area contributed by atoms with Crippen LogP contribution in [0, 0.1) is 0 Å². The topological polar surface area (TPSA) is 68.2 Å². The summed E-state index contributed by atoms with van der Waals surface area (Å²) in [5.74, 6) is 0.760. The highest BCUT2D eigenvalue weighted by Crippen LogP contribution is 2.15. The van der Waals surface area contributed by atoms with Gasteiger partial charge < -0.3 is 23.9 Å².